The molecule has 1 atom stereocenters. The van der Waals surface area contributed by atoms with Crippen molar-refractivity contribution >= 4 is 11.9 Å². The zero-order valence-electron chi connectivity index (χ0n) is 13.3. The molecule has 0 aliphatic heterocycles. The van der Waals surface area contributed by atoms with Crippen molar-refractivity contribution in [1.82, 2.24) is 10.6 Å². The van der Waals surface area contributed by atoms with Gasteiger partial charge in [-0.1, -0.05) is 19.1 Å². The van der Waals surface area contributed by atoms with Crippen LogP contribution in [-0.4, -0.2) is 38.7 Å². The zero-order valence-corrected chi connectivity index (χ0v) is 13.3. The maximum atomic E-state index is 11.3. The maximum Gasteiger partial charge on any atom is 0.337 e. The SMILES string of the molecule is CCC(C)NC(=NC)NCCc1ccc(C(=O)OC)cc1. The van der Waals surface area contributed by atoms with Gasteiger partial charge in [0, 0.05) is 19.6 Å². The van der Waals surface area contributed by atoms with Crippen LogP contribution in [0.4, 0.5) is 0 Å². The van der Waals surface area contributed by atoms with Crippen LogP contribution in [0.1, 0.15) is 36.2 Å². The lowest BCUT2D eigenvalue weighted by Gasteiger charge is -2.16. The summed E-state index contributed by atoms with van der Waals surface area (Å²) in [6, 6.07) is 7.86. The molecule has 21 heavy (non-hydrogen) atoms. The maximum absolute atomic E-state index is 11.3. The Balaban J connectivity index is 2.43. The van der Waals surface area contributed by atoms with Crippen LogP contribution >= 0.6 is 0 Å². The van der Waals surface area contributed by atoms with Gasteiger partial charge in [0.25, 0.3) is 0 Å². The summed E-state index contributed by atoms with van der Waals surface area (Å²) in [5, 5.41) is 6.59. The molecule has 0 aliphatic carbocycles. The van der Waals surface area contributed by atoms with Crippen molar-refractivity contribution in [2.24, 2.45) is 4.99 Å². The second kappa shape index (κ2) is 9.00. The number of benzene rings is 1. The molecule has 1 rings (SSSR count). The first-order chi connectivity index (χ1) is 10.1. The summed E-state index contributed by atoms with van der Waals surface area (Å²) < 4.78 is 4.68. The summed E-state index contributed by atoms with van der Waals surface area (Å²) in [5.74, 6) is 0.508. The fraction of sp³-hybridized carbons (Fsp3) is 0.500. The first kappa shape index (κ1) is 17.0. The molecule has 0 amide bonds. The summed E-state index contributed by atoms with van der Waals surface area (Å²) in [6.45, 7) is 5.04. The topological polar surface area (TPSA) is 62.7 Å². The Hall–Kier alpha value is -2.04. The third-order valence-electron chi connectivity index (χ3n) is 3.30. The van der Waals surface area contributed by atoms with E-state index in [4.69, 9.17) is 0 Å². The minimum atomic E-state index is -0.308. The highest BCUT2D eigenvalue weighted by Gasteiger charge is 2.05. The molecular formula is C16H25N3O2. The Labute approximate surface area is 126 Å². The number of nitrogens with one attached hydrogen (secondary N) is 2. The van der Waals surface area contributed by atoms with Gasteiger partial charge in [-0.05, 0) is 37.5 Å². The van der Waals surface area contributed by atoms with Gasteiger partial charge in [-0.25, -0.2) is 4.79 Å². The van der Waals surface area contributed by atoms with Crippen molar-refractivity contribution in [2.75, 3.05) is 20.7 Å². The van der Waals surface area contributed by atoms with Gasteiger partial charge in [-0.2, -0.15) is 0 Å². The number of nitrogens with zero attached hydrogens (tertiary/aromatic N) is 1. The van der Waals surface area contributed by atoms with Gasteiger partial charge in [0.1, 0.15) is 0 Å². The van der Waals surface area contributed by atoms with E-state index in [0.717, 1.165) is 30.9 Å². The van der Waals surface area contributed by atoms with Gasteiger partial charge in [-0.15, -0.1) is 0 Å². The third-order valence-corrected chi connectivity index (χ3v) is 3.30. The van der Waals surface area contributed by atoms with Crippen LogP contribution in [0.5, 0.6) is 0 Å². The number of rotatable bonds is 6. The second-order valence-corrected chi connectivity index (χ2v) is 4.89. The largest absolute Gasteiger partial charge is 0.465 e. The van der Waals surface area contributed by atoms with Crippen molar-refractivity contribution in [3.63, 3.8) is 0 Å². The minimum Gasteiger partial charge on any atom is -0.465 e. The smallest absolute Gasteiger partial charge is 0.337 e. The molecule has 1 aromatic carbocycles. The van der Waals surface area contributed by atoms with Gasteiger partial charge in [0.2, 0.25) is 0 Å². The number of aliphatic imine (C=N–C) groups is 1. The molecule has 0 saturated heterocycles. The fourth-order valence-electron chi connectivity index (χ4n) is 1.78. The van der Waals surface area contributed by atoms with E-state index in [1.807, 2.05) is 12.1 Å². The quantitative estimate of drug-likeness (QED) is 0.478. The van der Waals surface area contributed by atoms with E-state index in [9.17, 15) is 4.79 Å². The molecule has 5 nitrogen and oxygen atoms in total. The van der Waals surface area contributed by atoms with Crippen molar-refractivity contribution in [1.29, 1.82) is 0 Å². The molecule has 0 bridgehead atoms. The molecule has 0 radical (unpaired) electrons. The summed E-state index contributed by atoms with van der Waals surface area (Å²) in [5.41, 5.74) is 1.73. The van der Waals surface area contributed by atoms with Crippen molar-refractivity contribution in [3.05, 3.63) is 35.4 Å². The van der Waals surface area contributed by atoms with Crippen LogP contribution in [0.2, 0.25) is 0 Å². The molecule has 5 heteroatoms. The number of hydrogen-bond acceptors (Lipinski definition) is 3. The Bertz CT molecular complexity index is 469. The predicted octanol–water partition coefficient (Wildman–Crippen LogP) is 1.98. The molecule has 0 heterocycles. The fourth-order valence-corrected chi connectivity index (χ4v) is 1.78. The zero-order chi connectivity index (χ0) is 15.7. The van der Waals surface area contributed by atoms with E-state index in [0.29, 0.717) is 11.6 Å². The minimum absolute atomic E-state index is 0.308. The number of methoxy groups -OCH3 is 1. The van der Waals surface area contributed by atoms with E-state index in [2.05, 4.69) is 34.2 Å². The number of hydrogen-bond donors (Lipinski definition) is 2. The first-order valence-corrected chi connectivity index (χ1v) is 7.25. The number of ether oxygens (including phenoxy) is 1. The Kier molecular flexibility index (Phi) is 7.29. The van der Waals surface area contributed by atoms with Crippen LogP contribution in [0.25, 0.3) is 0 Å². The van der Waals surface area contributed by atoms with Crippen LogP contribution in [-0.2, 0) is 11.2 Å². The van der Waals surface area contributed by atoms with Crippen molar-refractivity contribution in [3.8, 4) is 0 Å². The first-order valence-electron chi connectivity index (χ1n) is 7.25. The Morgan fingerprint density at radius 1 is 1.33 bits per heavy atom. The average Bonchev–Trinajstić information content (AvgIpc) is 2.53. The molecule has 1 unspecified atom stereocenters. The van der Waals surface area contributed by atoms with Crippen molar-refractivity contribution < 1.29 is 9.53 Å². The number of esters is 1. The van der Waals surface area contributed by atoms with Gasteiger partial charge < -0.3 is 15.4 Å². The van der Waals surface area contributed by atoms with Gasteiger partial charge in [0.15, 0.2) is 5.96 Å². The molecule has 116 valence electrons. The van der Waals surface area contributed by atoms with Crippen LogP contribution in [0, 0.1) is 0 Å². The standard InChI is InChI=1S/C16H25N3O2/c1-5-12(2)19-16(17-3)18-11-10-13-6-8-14(9-7-13)15(20)21-4/h6-9,12H,5,10-11H2,1-4H3,(H2,17,18,19). The molecule has 2 N–H and O–H groups in total. The van der Waals surface area contributed by atoms with Gasteiger partial charge in [-0.3, -0.25) is 4.99 Å². The summed E-state index contributed by atoms with van der Waals surface area (Å²) in [4.78, 5) is 15.5. The predicted molar refractivity (Wildman–Crippen MR) is 85.7 cm³/mol. The lowest BCUT2D eigenvalue weighted by atomic mass is 10.1. The molecule has 0 spiro atoms. The summed E-state index contributed by atoms with van der Waals surface area (Å²) >= 11 is 0. The normalized spacial score (nSPS) is 12.7. The van der Waals surface area contributed by atoms with E-state index < -0.39 is 0 Å². The molecule has 0 fully saturated rings. The lowest BCUT2D eigenvalue weighted by Crippen LogP contribution is -2.42. The lowest BCUT2D eigenvalue weighted by molar-refractivity contribution is 0.0600. The third kappa shape index (κ3) is 5.85. The number of guanidine groups is 1. The monoisotopic (exact) mass is 291 g/mol. The van der Waals surface area contributed by atoms with Crippen molar-refractivity contribution in [2.45, 2.75) is 32.7 Å². The summed E-state index contributed by atoms with van der Waals surface area (Å²) in [7, 11) is 3.15. The molecule has 0 saturated carbocycles. The highest BCUT2D eigenvalue weighted by atomic mass is 16.5. The van der Waals surface area contributed by atoms with E-state index in [1.54, 1.807) is 19.2 Å². The van der Waals surface area contributed by atoms with E-state index in [1.165, 1.54) is 7.11 Å². The highest BCUT2D eigenvalue weighted by Crippen LogP contribution is 2.06. The van der Waals surface area contributed by atoms with E-state index >= 15 is 0 Å². The Morgan fingerprint density at radius 3 is 2.52 bits per heavy atom. The van der Waals surface area contributed by atoms with E-state index in [-0.39, 0.29) is 5.97 Å². The van der Waals surface area contributed by atoms with Crippen LogP contribution in [0.3, 0.4) is 0 Å². The summed E-state index contributed by atoms with van der Waals surface area (Å²) in [6.07, 6.45) is 1.92. The average molecular weight is 291 g/mol. The highest BCUT2D eigenvalue weighted by molar-refractivity contribution is 5.89. The molecule has 0 aliphatic rings. The van der Waals surface area contributed by atoms with Crippen LogP contribution in [0.15, 0.2) is 29.3 Å². The Morgan fingerprint density at radius 2 is 2.00 bits per heavy atom. The van der Waals surface area contributed by atoms with Gasteiger partial charge in [0.05, 0.1) is 12.7 Å². The molecule has 0 aromatic heterocycles. The number of carbonyl (C=O) groups is 1. The second-order valence-electron chi connectivity index (χ2n) is 4.89. The molecule has 1 aromatic rings. The van der Waals surface area contributed by atoms with Gasteiger partial charge >= 0.3 is 5.97 Å². The van der Waals surface area contributed by atoms with Crippen LogP contribution < -0.4 is 10.6 Å². The molecular weight excluding hydrogens is 266 g/mol. The number of carbonyl (C=O) groups excluding carboxylic acids is 1.